The van der Waals surface area contributed by atoms with Gasteiger partial charge in [0.2, 0.25) is 5.91 Å². The van der Waals surface area contributed by atoms with Gasteiger partial charge in [-0.1, -0.05) is 13.8 Å². The summed E-state index contributed by atoms with van der Waals surface area (Å²) in [5.41, 5.74) is 4.95. The zero-order valence-electron chi connectivity index (χ0n) is 12.3. The highest BCUT2D eigenvalue weighted by Crippen LogP contribution is 2.21. The second kappa shape index (κ2) is 9.20. The summed E-state index contributed by atoms with van der Waals surface area (Å²) in [4.78, 5) is 23.1. The van der Waals surface area contributed by atoms with Crippen LogP contribution in [-0.4, -0.2) is 41.6 Å². The minimum atomic E-state index is -0.998. The molecule has 2 atom stereocenters. The topological polar surface area (TPSA) is 81.4 Å². The molecule has 0 saturated carbocycles. The molecule has 0 aromatic carbocycles. The first kappa shape index (κ1) is 18.2. The minimum Gasteiger partial charge on any atom is -0.465 e. The van der Waals surface area contributed by atoms with E-state index in [1.165, 1.54) is 11.8 Å². The molecule has 0 rings (SSSR count). The van der Waals surface area contributed by atoms with Gasteiger partial charge in [0.15, 0.2) is 0 Å². The first-order valence-electron chi connectivity index (χ1n) is 6.67. The zero-order valence-corrected chi connectivity index (χ0v) is 13.1. The summed E-state index contributed by atoms with van der Waals surface area (Å²) in [6.07, 6.45) is 1.41. The van der Waals surface area contributed by atoms with Crippen LogP contribution in [0.25, 0.3) is 0 Å². The Labute approximate surface area is 120 Å². The van der Waals surface area contributed by atoms with E-state index in [2.05, 4.69) is 5.32 Å². The zero-order chi connectivity index (χ0) is 14.9. The smallest absolute Gasteiger partial charge is 0.325 e. The number of hydrogen-bond donors (Lipinski definition) is 2. The van der Waals surface area contributed by atoms with Crippen LogP contribution in [0.15, 0.2) is 0 Å². The summed E-state index contributed by atoms with van der Waals surface area (Å²) < 4.78 is 4.93. The molecule has 0 bridgehead atoms. The Morgan fingerprint density at radius 3 is 2.58 bits per heavy atom. The quantitative estimate of drug-likeness (QED) is 0.626. The molecule has 0 spiro atoms. The van der Waals surface area contributed by atoms with Gasteiger partial charge in [0.1, 0.15) is 5.54 Å². The Morgan fingerprint density at radius 2 is 2.05 bits per heavy atom. The van der Waals surface area contributed by atoms with Crippen LogP contribution in [-0.2, 0) is 14.3 Å². The van der Waals surface area contributed by atoms with E-state index in [0.29, 0.717) is 25.3 Å². The van der Waals surface area contributed by atoms with Crippen LogP contribution in [0, 0.1) is 0 Å². The van der Waals surface area contributed by atoms with Crippen LogP contribution in [0.3, 0.4) is 0 Å². The molecule has 1 amide bonds. The Hall–Kier alpha value is -0.750. The molecule has 19 heavy (non-hydrogen) atoms. The van der Waals surface area contributed by atoms with Crippen molar-refractivity contribution in [2.45, 2.75) is 51.3 Å². The molecule has 0 aliphatic carbocycles. The number of rotatable bonds is 9. The maximum absolute atomic E-state index is 11.6. The van der Waals surface area contributed by atoms with Crippen molar-refractivity contribution in [1.82, 2.24) is 5.32 Å². The van der Waals surface area contributed by atoms with Gasteiger partial charge in [0, 0.05) is 11.8 Å². The lowest BCUT2D eigenvalue weighted by atomic mass is 9.98. The lowest BCUT2D eigenvalue weighted by Gasteiger charge is -2.25. The van der Waals surface area contributed by atoms with Gasteiger partial charge in [-0.2, -0.15) is 0 Å². The van der Waals surface area contributed by atoms with E-state index in [4.69, 9.17) is 10.5 Å². The van der Waals surface area contributed by atoms with Crippen LogP contribution < -0.4 is 11.1 Å². The number of thioether (sulfide) groups is 1. The Kier molecular flexibility index (Phi) is 8.84. The summed E-state index contributed by atoms with van der Waals surface area (Å²) >= 11 is 1.50. The number of amides is 1. The van der Waals surface area contributed by atoms with E-state index in [9.17, 15) is 9.59 Å². The van der Waals surface area contributed by atoms with Crippen molar-refractivity contribution in [3.63, 3.8) is 0 Å². The second-order valence-electron chi connectivity index (χ2n) is 4.81. The average Bonchev–Trinajstić information content (AvgIpc) is 2.33. The monoisotopic (exact) mass is 290 g/mol. The van der Waals surface area contributed by atoms with Gasteiger partial charge < -0.3 is 15.8 Å². The van der Waals surface area contributed by atoms with Crippen molar-refractivity contribution in [3.05, 3.63) is 0 Å². The summed E-state index contributed by atoms with van der Waals surface area (Å²) in [6, 6.07) is 0. The predicted octanol–water partition coefficient (Wildman–Crippen LogP) is 1.30. The molecule has 2 unspecified atom stereocenters. The molecule has 0 fully saturated rings. The van der Waals surface area contributed by atoms with Crippen molar-refractivity contribution in [3.8, 4) is 0 Å². The normalized spacial score (nSPS) is 15.4. The largest absolute Gasteiger partial charge is 0.465 e. The van der Waals surface area contributed by atoms with Gasteiger partial charge in [-0.15, -0.1) is 11.8 Å². The molecule has 0 aliphatic heterocycles. The molecule has 0 heterocycles. The van der Waals surface area contributed by atoms with Gasteiger partial charge >= 0.3 is 5.97 Å². The third-order valence-corrected chi connectivity index (χ3v) is 3.69. The van der Waals surface area contributed by atoms with Crippen molar-refractivity contribution in [2.24, 2.45) is 5.73 Å². The third-order valence-electron chi connectivity index (χ3n) is 2.52. The Balaban J connectivity index is 4.05. The fraction of sp³-hybridized carbons (Fsp3) is 0.846. The lowest BCUT2D eigenvalue weighted by Crippen LogP contribution is -2.48. The van der Waals surface area contributed by atoms with Gasteiger partial charge in [-0.3, -0.25) is 9.59 Å². The summed E-state index contributed by atoms with van der Waals surface area (Å²) in [5.74, 6) is 0.0199. The second-order valence-corrected chi connectivity index (χ2v) is 6.24. The maximum Gasteiger partial charge on any atom is 0.325 e. The van der Waals surface area contributed by atoms with Crippen LogP contribution >= 0.6 is 11.8 Å². The SMILES string of the molecule is CCCNC(=O)CSC(C)CC(C)(N)C(=O)OCC. The highest BCUT2D eigenvalue weighted by molar-refractivity contribution is 8.00. The number of hydrogen-bond acceptors (Lipinski definition) is 5. The van der Waals surface area contributed by atoms with Crippen molar-refractivity contribution in [1.29, 1.82) is 0 Å². The molecule has 3 N–H and O–H groups in total. The number of carbonyl (C=O) groups is 2. The molecular formula is C13H26N2O3S. The van der Waals surface area contributed by atoms with E-state index in [-0.39, 0.29) is 11.2 Å². The standard InChI is InChI=1S/C13H26N2O3S/c1-5-7-15-11(16)9-19-10(3)8-13(4,14)12(17)18-6-2/h10H,5-9,14H2,1-4H3,(H,15,16). The molecule has 112 valence electrons. The highest BCUT2D eigenvalue weighted by atomic mass is 32.2. The number of nitrogens with two attached hydrogens (primary N) is 1. The predicted molar refractivity (Wildman–Crippen MR) is 79.1 cm³/mol. The molecule has 0 aromatic rings. The average molecular weight is 290 g/mol. The van der Waals surface area contributed by atoms with Crippen LogP contribution in [0.1, 0.15) is 40.5 Å². The maximum atomic E-state index is 11.6. The molecule has 6 heteroatoms. The minimum absolute atomic E-state index is 0.0218. The molecule has 0 aliphatic rings. The van der Waals surface area contributed by atoms with E-state index in [1.807, 2.05) is 13.8 Å². The number of nitrogens with one attached hydrogen (secondary N) is 1. The van der Waals surface area contributed by atoms with Crippen LogP contribution in [0.4, 0.5) is 0 Å². The Bertz CT molecular complexity index is 296. The number of ether oxygens (including phenoxy) is 1. The lowest BCUT2D eigenvalue weighted by molar-refractivity contribution is -0.149. The molecule has 5 nitrogen and oxygen atoms in total. The van der Waals surface area contributed by atoms with E-state index in [0.717, 1.165) is 6.42 Å². The van der Waals surface area contributed by atoms with Crippen molar-refractivity contribution < 1.29 is 14.3 Å². The first-order valence-corrected chi connectivity index (χ1v) is 7.72. The van der Waals surface area contributed by atoms with Gasteiger partial charge in [-0.05, 0) is 26.7 Å². The van der Waals surface area contributed by atoms with E-state index in [1.54, 1.807) is 13.8 Å². The summed E-state index contributed by atoms with van der Waals surface area (Å²) in [7, 11) is 0. The third kappa shape index (κ3) is 8.10. The molecule has 0 radical (unpaired) electrons. The summed E-state index contributed by atoms with van der Waals surface area (Å²) in [5, 5.41) is 2.93. The van der Waals surface area contributed by atoms with Gasteiger partial charge in [0.05, 0.1) is 12.4 Å². The number of carbonyl (C=O) groups excluding carboxylic acids is 2. The van der Waals surface area contributed by atoms with Crippen molar-refractivity contribution in [2.75, 3.05) is 18.9 Å². The van der Waals surface area contributed by atoms with Gasteiger partial charge in [0.25, 0.3) is 0 Å². The number of esters is 1. The van der Waals surface area contributed by atoms with E-state index >= 15 is 0 Å². The van der Waals surface area contributed by atoms with Crippen LogP contribution in [0.5, 0.6) is 0 Å². The summed E-state index contributed by atoms with van der Waals surface area (Å²) in [6.45, 7) is 8.42. The Morgan fingerprint density at radius 1 is 1.42 bits per heavy atom. The fourth-order valence-corrected chi connectivity index (χ4v) is 2.57. The van der Waals surface area contributed by atoms with Crippen LogP contribution in [0.2, 0.25) is 0 Å². The van der Waals surface area contributed by atoms with Crippen molar-refractivity contribution >= 4 is 23.6 Å². The molecule has 0 aromatic heterocycles. The molecular weight excluding hydrogens is 264 g/mol. The fourth-order valence-electron chi connectivity index (χ4n) is 1.57. The first-order chi connectivity index (χ1) is 8.83. The van der Waals surface area contributed by atoms with E-state index < -0.39 is 11.5 Å². The molecule has 0 saturated heterocycles. The van der Waals surface area contributed by atoms with Gasteiger partial charge in [-0.25, -0.2) is 0 Å². The highest BCUT2D eigenvalue weighted by Gasteiger charge is 2.31.